The van der Waals surface area contributed by atoms with Crippen LogP contribution in [0.3, 0.4) is 0 Å². The van der Waals surface area contributed by atoms with E-state index in [-0.39, 0.29) is 6.04 Å². The Bertz CT molecular complexity index is 900. The molecule has 2 aromatic rings. The van der Waals surface area contributed by atoms with Gasteiger partial charge in [-0.05, 0) is 56.2 Å². The third-order valence-corrected chi connectivity index (χ3v) is 4.52. The normalized spacial score (nSPS) is 11.9. The highest BCUT2D eigenvalue weighted by Gasteiger charge is 2.14. The second-order valence-electron chi connectivity index (χ2n) is 6.30. The molecule has 0 aliphatic rings. The highest BCUT2D eigenvalue weighted by atomic mass is 35.5. The molecule has 148 valence electrons. The number of benzene rings is 2. The van der Waals surface area contributed by atoms with E-state index < -0.39 is 11.8 Å². The van der Waals surface area contributed by atoms with E-state index >= 15 is 0 Å². The number of halogens is 2. The molecule has 2 rings (SSSR count). The lowest BCUT2D eigenvalue weighted by Gasteiger charge is -2.13. The molecule has 0 saturated heterocycles. The average Bonchev–Trinajstić information content (AvgIpc) is 2.66. The number of rotatable bonds is 6. The first kappa shape index (κ1) is 21.7. The second kappa shape index (κ2) is 10.1. The fourth-order valence-electron chi connectivity index (χ4n) is 2.23. The minimum absolute atomic E-state index is 0.0908. The topological polar surface area (TPSA) is 82.6 Å². The van der Waals surface area contributed by atoms with Crippen molar-refractivity contribution in [2.75, 3.05) is 5.32 Å². The maximum atomic E-state index is 11.8. The van der Waals surface area contributed by atoms with Crippen LogP contribution in [0.25, 0.3) is 0 Å². The molecule has 0 aromatic heterocycles. The molecule has 8 heteroatoms. The zero-order chi connectivity index (χ0) is 20.7. The number of aryl methyl sites for hydroxylation is 1. The third kappa shape index (κ3) is 6.25. The summed E-state index contributed by atoms with van der Waals surface area (Å²) < 4.78 is 0. The van der Waals surface area contributed by atoms with Crippen LogP contribution in [0.4, 0.5) is 11.4 Å². The molecule has 0 unspecified atom stereocenters. The number of hydrogen-bond acceptors (Lipinski definition) is 4. The van der Waals surface area contributed by atoms with Crippen LogP contribution >= 0.6 is 23.2 Å². The molecule has 3 N–H and O–H groups in total. The van der Waals surface area contributed by atoms with E-state index in [9.17, 15) is 9.59 Å². The first-order valence-corrected chi connectivity index (χ1v) is 9.52. The van der Waals surface area contributed by atoms with Gasteiger partial charge in [-0.3, -0.25) is 9.59 Å². The largest absolute Gasteiger partial charge is 0.355 e. The van der Waals surface area contributed by atoms with E-state index in [1.54, 1.807) is 18.2 Å². The van der Waals surface area contributed by atoms with E-state index in [1.807, 2.05) is 39.0 Å². The van der Waals surface area contributed by atoms with Gasteiger partial charge in [0.2, 0.25) is 0 Å². The summed E-state index contributed by atoms with van der Waals surface area (Å²) in [6, 6.07) is 10.7. The van der Waals surface area contributed by atoms with Crippen molar-refractivity contribution in [2.24, 2.45) is 5.10 Å². The van der Waals surface area contributed by atoms with Crippen LogP contribution in [0.15, 0.2) is 41.5 Å². The van der Waals surface area contributed by atoms with E-state index in [2.05, 4.69) is 21.2 Å². The van der Waals surface area contributed by atoms with Gasteiger partial charge in [-0.25, -0.2) is 5.43 Å². The van der Waals surface area contributed by atoms with Crippen molar-refractivity contribution >= 4 is 52.6 Å². The highest BCUT2D eigenvalue weighted by Crippen LogP contribution is 2.27. The number of carbonyl (C=O) groups excluding carboxylic acids is 2. The van der Waals surface area contributed by atoms with Gasteiger partial charge in [-0.15, -0.1) is 0 Å². The molecule has 0 aliphatic carbocycles. The van der Waals surface area contributed by atoms with Crippen LogP contribution in [0, 0.1) is 6.92 Å². The molecule has 0 fully saturated rings. The number of nitrogens with one attached hydrogen (secondary N) is 3. The highest BCUT2D eigenvalue weighted by molar-refractivity contribution is 6.35. The van der Waals surface area contributed by atoms with Crippen molar-refractivity contribution in [3.63, 3.8) is 0 Å². The maximum absolute atomic E-state index is 11.8. The first-order chi connectivity index (χ1) is 13.3. The Hall–Kier alpha value is -2.57. The summed E-state index contributed by atoms with van der Waals surface area (Å²) in [4.78, 5) is 23.6. The standard InChI is InChI=1S/C20H22Cl2N4O2/c1-4-13(3)24-19(27)20(28)26-23-11-14-9-15(21)7-8-17(14)25-18-10-16(22)6-5-12(18)2/h5-11,13,25H,4H2,1-3H3,(H,24,27)(H,26,28)/b23-11-/t13-/m1/s1. The van der Waals surface area contributed by atoms with Gasteiger partial charge in [0.15, 0.2) is 0 Å². The van der Waals surface area contributed by atoms with Gasteiger partial charge >= 0.3 is 11.8 Å². The summed E-state index contributed by atoms with van der Waals surface area (Å²) in [6.07, 6.45) is 2.14. The molecule has 2 aromatic carbocycles. The Morgan fingerprint density at radius 2 is 1.75 bits per heavy atom. The number of amides is 2. The lowest BCUT2D eigenvalue weighted by Crippen LogP contribution is -2.41. The number of nitrogens with zero attached hydrogens (tertiary/aromatic N) is 1. The van der Waals surface area contributed by atoms with Crippen molar-refractivity contribution in [1.29, 1.82) is 0 Å². The molecule has 1 atom stereocenters. The number of hydrazone groups is 1. The van der Waals surface area contributed by atoms with Crippen LogP contribution in [-0.4, -0.2) is 24.1 Å². The van der Waals surface area contributed by atoms with Crippen molar-refractivity contribution in [2.45, 2.75) is 33.2 Å². The maximum Gasteiger partial charge on any atom is 0.329 e. The van der Waals surface area contributed by atoms with E-state index in [0.29, 0.717) is 15.6 Å². The molecule has 6 nitrogen and oxygen atoms in total. The lowest BCUT2D eigenvalue weighted by molar-refractivity contribution is -0.139. The zero-order valence-electron chi connectivity index (χ0n) is 15.8. The van der Waals surface area contributed by atoms with Crippen molar-refractivity contribution in [3.8, 4) is 0 Å². The number of carbonyl (C=O) groups is 2. The fourth-order valence-corrected chi connectivity index (χ4v) is 2.58. The van der Waals surface area contributed by atoms with Crippen LogP contribution in [-0.2, 0) is 9.59 Å². The van der Waals surface area contributed by atoms with Crippen LogP contribution in [0.1, 0.15) is 31.4 Å². The summed E-state index contributed by atoms with van der Waals surface area (Å²) in [5, 5.41) is 10.8. The predicted octanol–water partition coefficient (Wildman–Crippen LogP) is 4.41. The van der Waals surface area contributed by atoms with Gasteiger partial charge in [-0.2, -0.15) is 5.10 Å². The summed E-state index contributed by atoms with van der Waals surface area (Å²) in [5.74, 6) is -1.57. The van der Waals surface area contributed by atoms with Gasteiger partial charge in [0.05, 0.1) is 6.21 Å². The molecule has 0 radical (unpaired) electrons. The Morgan fingerprint density at radius 3 is 2.46 bits per heavy atom. The Kier molecular flexibility index (Phi) is 7.84. The summed E-state index contributed by atoms with van der Waals surface area (Å²) in [5.41, 5.74) is 5.42. The third-order valence-electron chi connectivity index (χ3n) is 4.05. The predicted molar refractivity (Wildman–Crippen MR) is 115 cm³/mol. The summed E-state index contributed by atoms with van der Waals surface area (Å²) >= 11 is 12.1. The molecule has 0 aliphatic heterocycles. The van der Waals surface area contributed by atoms with Gasteiger partial charge < -0.3 is 10.6 Å². The van der Waals surface area contributed by atoms with Crippen LogP contribution in [0.5, 0.6) is 0 Å². The van der Waals surface area contributed by atoms with E-state index in [1.165, 1.54) is 6.21 Å². The molecular formula is C20H22Cl2N4O2. The minimum Gasteiger partial charge on any atom is -0.355 e. The number of hydrogen-bond donors (Lipinski definition) is 3. The quantitative estimate of drug-likeness (QED) is 0.367. The van der Waals surface area contributed by atoms with Crippen LogP contribution < -0.4 is 16.1 Å². The van der Waals surface area contributed by atoms with E-state index in [4.69, 9.17) is 23.2 Å². The molecule has 2 amide bonds. The van der Waals surface area contributed by atoms with Crippen LogP contribution in [0.2, 0.25) is 10.0 Å². The van der Waals surface area contributed by atoms with Gasteiger partial charge in [0, 0.05) is 33.0 Å². The second-order valence-corrected chi connectivity index (χ2v) is 7.17. The monoisotopic (exact) mass is 420 g/mol. The van der Waals surface area contributed by atoms with Gasteiger partial charge in [0.1, 0.15) is 0 Å². The Labute approximate surface area is 174 Å². The SMILES string of the molecule is CC[C@@H](C)NC(=O)C(=O)N/N=C\c1cc(Cl)ccc1Nc1cc(Cl)ccc1C. The number of anilines is 2. The molecular weight excluding hydrogens is 399 g/mol. The first-order valence-electron chi connectivity index (χ1n) is 8.76. The fraction of sp³-hybridized carbons (Fsp3) is 0.250. The van der Waals surface area contributed by atoms with Crippen molar-refractivity contribution in [1.82, 2.24) is 10.7 Å². The van der Waals surface area contributed by atoms with Crippen molar-refractivity contribution in [3.05, 3.63) is 57.6 Å². The summed E-state index contributed by atoms with van der Waals surface area (Å²) in [7, 11) is 0. The van der Waals surface area contributed by atoms with E-state index in [0.717, 1.165) is 23.4 Å². The Morgan fingerprint density at radius 1 is 1.07 bits per heavy atom. The average molecular weight is 421 g/mol. The zero-order valence-corrected chi connectivity index (χ0v) is 17.4. The summed E-state index contributed by atoms with van der Waals surface area (Å²) in [6.45, 7) is 5.69. The Balaban J connectivity index is 2.14. The molecule has 0 saturated carbocycles. The van der Waals surface area contributed by atoms with Crippen molar-refractivity contribution < 1.29 is 9.59 Å². The van der Waals surface area contributed by atoms with Gasteiger partial charge in [0.25, 0.3) is 0 Å². The van der Waals surface area contributed by atoms with Gasteiger partial charge in [-0.1, -0.05) is 36.2 Å². The molecule has 0 heterocycles. The smallest absolute Gasteiger partial charge is 0.329 e. The molecule has 0 bridgehead atoms. The molecule has 0 spiro atoms. The minimum atomic E-state index is -0.834. The lowest BCUT2D eigenvalue weighted by atomic mass is 10.1. The molecule has 28 heavy (non-hydrogen) atoms.